The number of amides is 1. The number of Topliss-reactive ketones (excluding diaryl/α,β-unsaturated/α-hetero) is 1. The highest BCUT2D eigenvalue weighted by atomic mass is 35.5. The number of nitrogens with two attached hydrogens (primary N) is 1. The minimum atomic E-state index is -0.420. The second-order valence-electron chi connectivity index (χ2n) is 6.30. The molecule has 1 aromatic carbocycles. The molecular formula is C19H21ClN2O2S. The number of carbonyl (C=O) groups is 2. The first-order valence-electron chi connectivity index (χ1n) is 8.39. The lowest BCUT2D eigenvalue weighted by molar-refractivity contribution is -0.117. The molecule has 6 heteroatoms. The molecule has 2 N–H and O–H groups in total. The van der Waals surface area contributed by atoms with E-state index in [0.717, 1.165) is 42.1 Å². The van der Waals surface area contributed by atoms with E-state index in [2.05, 4.69) is 11.8 Å². The fourth-order valence-corrected chi connectivity index (χ4v) is 4.82. The lowest BCUT2D eigenvalue weighted by atomic mass is 9.98. The average Bonchev–Trinajstić information content (AvgIpc) is 2.93. The van der Waals surface area contributed by atoms with Crippen LogP contribution < -0.4 is 5.73 Å². The summed E-state index contributed by atoms with van der Waals surface area (Å²) in [6.07, 6.45) is 1.41. The van der Waals surface area contributed by atoms with Crippen molar-refractivity contribution in [1.82, 2.24) is 4.90 Å². The number of thiophene rings is 1. The Kier molecular flexibility index (Phi) is 5.57. The van der Waals surface area contributed by atoms with Gasteiger partial charge in [0.2, 0.25) is 5.91 Å². The highest BCUT2D eigenvalue weighted by Gasteiger charge is 2.27. The number of halogens is 1. The van der Waals surface area contributed by atoms with Gasteiger partial charge in [-0.15, -0.1) is 11.3 Å². The van der Waals surface area contributed by atoms with Crippen molar-refractivity contribution in [1.29, 1.82) is 0 Å². The molecule has 0 unspecified atom stereocenters. The van der Waals surface area contributed by atoms with Gasteiger partial charge in [-0.25, -0.2) is 0 Å². The van der Waals surface area contributed by atoms with Crippen LogP contribution in [0.15, 0.2) is 24.3 Å². The number of hydrogen-bond donors (Lipinski definition) is 1. The van der Waals surface area contributed by atoms with E-state index >= 15 is 0 Å². The molecule has 132 valence electrons. The van der Waals surface area contributed by atoms with E-state index in [1.807, 2.05) is 12.1 Å². The number of hydrogen-bond acceptors (Lipinski definition) is 4. The van der Waals surface area contributed by atoms with Crippen LogP contribution in [0.25, 0.3) is 0 Å². The molecule has 2 aromatic rings. The first-order valence-corrected chi connectivity index (χ1v) is 9.59. The molecule has 0 spiro atoms. The SMILES string of the molecule is CCN1CCc2c(sc(CC(=O)Cc3ccc(Cl)cc3)c2C(N)=O)C1. The normalized spacial score (nSPS) is 14.3. The third kappa shape index (κ3) is 4.11. The number of carbonyl (C=O) groups excluding carboxylic acids is 2. The number of likely N-dealkylation sites (N-methyl/N-ethyl adjacent to an activating group) is 1. The van der Waals surface area contributed by atoms with Crippen LogP contribution in [-0.2, 0) is 30.6 Å². The fourth-order valence-electron chi connectivity index (χ4n) is 3.27. The van der Waals surface area contributed by atoms with Gasteiger partial charge < -0.3 is 5.73 Å². The van der Waals surface area contributed by atoms with Gasteiger partial charge in [0.05, 0.1) is 5.56 Å². The zero-order valence-electron chi connectivity index (χ0n) is 14.2. The van der Waals surface area contributed by atoms with Gasteiger partial charge in [-0.2, -0.15) is 0 Å². The molecule has 1 aromatic heterocycles. The first kappa shape index (κ1) is 18.1. The molecular weight excluding hydrogens is 356 g/mol. The monoisotopic (exact) mass is 376 g/mol. The van der Waals surface area contributed by atoms with Crippen LogP contribution in [0.3, 0.4) is 0 Å². The Morgan fingerprint density at radius 3 is 2.60 bits per heavy atom. The Bertz CT molecular complexity index is 799. The zero-order valence-corrected chi connectivity index (χ0v) is 15.8. The standard InChI is InChI=1S/C19H21ClN2O2S/c1-2-22-8-7-15-17(11-22)25-16(18(15)19(21)24)10-14(23)9-12-3-5-13(20)6-4-12/h3-6H,2,7-11H2,1H3,(H2,21,24). The number of rotatable bonds is 6. The van der Waals surface area contributed by atoms with Gasteiger partial charge >= 0.3 is 0 Å². The Hall–Kier alpha value is -1.69. The third-order valence-electron chi connectivity index (χ3n) is 4.57. The van der Waals surface area contributed by atoms with E-state index in [9.17, 15) is 9.59 Å². The van der Waals surface area contributed by atoms with Gasteiger partial charge in [0.25, 0.3) is 0 Å². The molecule has 0 atom stereocenters. The van der Waals surface area contributed by atoms with Crippen LogP contribution in [0.1, 0.15) is 38.2 Å². The third-order valence-corrected chi connectivity index (χ3v) is 6.04. The number of benzene rings is 1. The molecule has 0 aliphatic carbocycles. The van der Waals surface area contributed by atoms with Crippen molar-refractivity contribution in [2.45, 2.75) is 32.7 Å². The lowest BCUT2D eigenvalue weighted by Gasteiger charge is -2.25. The molecule has 1 amide bonds. The summed E-state index contributed by atoms with van der Waals surface area (Å²) in [6.45, 7) is 4.87. The van der Waals surface area contributed by atoms with E-state index < -0.39 is 5.91 Å². The molecule has 4 nitrogen and oxygen atoms in total. The van der Waals surface area contributed by atoms with Gasteiger partial charge in [-0.3, -0.25) is 14.5 Å². The summed E-state index contributed by atoms with van der Waals surface area (Å²) in [4.78, 5) is 28.8. The van der Waals surface area contributed by atoms with Crippen molar-refractivity contribution < 1.29 is 9.59 Å². The van der Waals surface area contributed by atoms with Crippen molar-refractivity contribution in [2.24, 2.45) is 5.73 Å². The van der Waals surface area contributed by atoms with Crippen LogP contribution in [0.5, 0.6) is 0 Å². The maximum Gasteiger partial charge on any atom is 0.250 e. The van der Waals surface area contributed by atoms with Gasteiger partial charge in [0.15, 0.2) is 0 Å². The van der Waals surface area contributed by atoms with E-state index in [-0.39, 0.29) is 12.2 Å². The summed E-state index contributed by atoms with van der Waals surface area (Å²) in [5.74, 6) is -0.340. The summed E-state index contributed by atoms with van der Waals surface area (Å²) >= 11 is 7.44. The molecule has 25 heavy (non-hydrogen) atoms. The molecule has 0 fully saturated rings. The maximum absolute atomic E-state index is 12.5. The molecule has 0 bridgehead atoms. The summed E-state index contributed by atoms with van der Waals surface area (Å²) in [7, 11) is 0. The lowest BCUT2D eigenvalue weighted by Crippen LogP contribution is -2.30. The van der Waals surface area contributed by atoms with Crippen LogP contribution in [0.4, 0.5) is 0 Å². The smallest absolute Gasteiger partial charge is 0.250 e. The van der Waals surface area contributed by atoms with E-state index in [1.165, 1.54) is 4.88 Å². The fraction of sp³-hybridized carbons (Fsp3) is 0.368. The van der Waals surface area contributed by atoms with Crippen molar-refractivity contribution in [3.05, 3.63) is 55.7 Å². The summed E-state index contributed by atoms with van der Waals surface area (Å²) in [5, 5.41) is 0.652. The number of primary amides is 1. The van der Waals surface area contributed by atoms with E-state index in [1.54, 1.807) is 23.5 Å². The van der Waals surface area contributed by atoms with Gasteiger partial charge in [-0.05, 0) is 36.2 Å². The quantitative estimate of drug-likeness (QED) is 0.841. The molecule has 1 aliphatic rings. The summed E-state index contributed by atoms with van der Waals surface area (Å²) in [5.41, 5.74) is 8.18. The number of ketones is 1. The second kappa shape index (κ2) is 7.68. The van der Waals surface area contributed by atoms with Gasteiger partial charge in [0, 0.05) is 40.7 Å². The van der Waals surface area contributed by atoms with E-state index in [0.29, 0.717) is 17.0 Å². The largest absolute Gasteiger partial charge is 0.366 e. The predicted octanol–water partition coefficient (Wildman–Crippen LogP) is 3.23. The van der Waals surface area contributed by atoms with Gasteiger partial charge in [0.1, 0.15) is 5.78 Å². The van der Waals surface area contributed by atoms with Crippen molar-refractivity contribution in [3.8, 4) is 0 Å². The Labute approximate surface area is 156 Å². The van der Waals surface area contributed by atoms with Crippen molar-refractivity contribution in [3.63, 3.8) is 0 Å². The van der Waals surface area contributed by atoms with Crippen LogP contribution in [-0.4, -0.2) is 29.7 Å². The molecule has 0 radical (unpaired) electrons. The Balaban J connectivity index is 1.79. The van der Waals surface area contributed by atoms with Crippen LogP contribution in [0, 0.1) is 0 Å². The second-order valence-corrected chi connectivity index (χ2v) is 7.93. The first-order chi connectivity index (χ1) is 12.0. The number of fused-ring (bicyclic) bond motifs is 1. The molecule has 1 aliphatic heterocycles. The van der Waals surface area contributed by atoms with Crippen LogP contribution >= 0.6 is 22.9 Å². The average molecular weight is 377 g/mol. The minimum absolute atomic E-state index is 0.0794. The number of nitrogens with zero attached hydrogens (tertiary/aromatic N) is 1. The summed E-state index contributed by atoms with van der Waals surface area (Å²) < 4.78 is 0. The minimum Gasteiger partial charge on any atom is -0.366 e. The van der Waals surface area contributed by atoms with E-state index in [4.69, 9.17) is 17.3 Å². The molecule has 2 heterocycles. The van der Waals surface area contributed by atoms with Crippen molar-refractivity contribution in [2.75, 3.05) is 13.1 Å². The molecule has 3 rings (SSSR count). The Morgan fingerprint density at radius 1 is 1.24 bits per heavy atom. The highest BCUT2D eigenvalue weighted by molar-refractivity contribution is 7.12. The van der Waals surface area contributed by atoms with Crippen LogP contribution in [0.2, 0.25) is 5.02 Å². The molecule has 0 saturated carbocycles. The summed E-state index contributed by atoms with van der Waals surface area (Å²) in [6, 6.07) is 7.27. The zero-order chi connectivity index (χ0) is 18.0. The van der Waals surface area contributed by atoms with Gasteiger partial charge in [-0.1, -0.05) is 30.7 Å². The Morgan fingerprint density at radius 2 is 1.96 bits per heavy atom. The van der Waals surface area contributed by atoms with Crippen molar-refractivity contribution >= 4 is 34.6 Å². The molecule has 0 saturated heterocycles. The highest BCUT2D eigenvalue weighted by Crippen LogP contribution is 2.33. The topological polar surface area (TPSA) is 63.4 Å². The predicted molar refractivity (Wildman–Crippen MR) is 101 cm³/mol. The maximum atomic E-state index is 12.5.